The molecular formula is C13H16N2OS. The first-order valence-corrected chi connectivity index (χ1v) is 7.12. The summed E-state index contributed by atoms with van der Waals surface area (Å²) in [5, 5.41) is 0.169. The molecule has 1 unspecified atom stereocenters. The fraction of sp³-hybridized carbons (Fsp3) is 0.462. The molecule has 0 aliphatic carbocycles. The fourth-order valence-corrected chi connectivity index (χ4v) is 3.86. The van der Waals surface area contributed by atoms with Gasteiger partial charge in [-0.25, -0.2) is 0 Å². The van der Waals surface area contributed by atoms with Crippen LogP contribution in [0.25, 0.3) is 0 Å². The summed E-state index contributed by atoms with van der Waals surface area (Å²) in [7, 11) is 0. The Hall–Kier alpha value is -1.16. The number of rotatable bonds is 1. The maximum Gasteiger partial charge on any atom is 0.240 e. The average molecular weight is 248 g/mol. The van der Waals surface area contributed by atoms with Crippen LogP contribution in [0.3, 0.4) is 0 Å². The van der Waals surface area contributed by atoms with Crippen molar-refractivity contribution in [2.45, 2.75) is 24.5 Å². The smallest absolute Gasteiger partial charge is 0.240 e. The van der Waals surface area contributed by atoms with Gasteiger partial charge in [-0.15, -0.1) is 11.8 Å². The number of anilines is 2. The molecule has 3 nitrogen and oxygen atoms in total. The van der Waals surface area contributed by atoms with Gasteiger partial charge in [0.1, 0.15) is 0 Å². The second kappa shape index (κ2) is 4.26. The summed E-state index contributed by atoms with van der Waals surface area (Å²) in [6.45, 7) is 0.791. The van der Waals surface area contributed by atoms with E-state index in [2.05, 4.69) is 0 Å². The third-order valence-electron chi connectivity index (χ3n) is 3.53. The van der Waals surface area contributed by atoms with Gasteiger partial charge in [-0.2, -0.15) is 0 Å². The maximum atomic E-state index is 12.4. The van der Waals surface area contributed by atoms with Gasteiger partial charge in [0.05, 0.1) is 5.25 Å². The van der Waals surface area contributed by atoms with Gasteiger partial charge >= 0.3 is 0 Å². The number of amides is 1. The summed E-state index contributed by atoms with van der Waals surface area (Å²) in [4.78, 5) is 14.3. The van der Waals surface area contributed by atoms with Crippen molar-refractivity contribution >= 4 is 29.0 Å². The standard InChI is InChI=1S/C13H16N2OS/c14-10-3-1-4-11-9(10)6-7-15(11)13(16)12-5-2-8-17-12/h1,3-4,12H,2,5-8,14H2. The van der Waals surface area contributed by atoms with Gasteiger partial charge in [0, 0.05) is 23.5 Å². The first-order valence-electron chi connectivity index (χ1n) is 6.08. The lowest BCUT2D eigenvalue weighted by Crippen LogP contribution is -2.35. The number of thioether (sulfide) groups is 1. The topological polar surface area (TPSA) is 46.3 Å². The van der Waals surface area contributed by atoms with Crippen LogP contribution in [0.5, 0.6) is 0 Å². The highest BCUT2D eigenvalue weighted by Crippen LogP contribution is 2.35. The Bertz CT molecular complexity index is 455. The average Bonchev–Trinajstić information content (AvgIpc) is 2.98. The van der Waals surface area contributed by atoms with Crippen LogP contribution in [0, 0.1) is 0 Å². The van der Waals surface area contributed by atoms with Crippen molar-refractivity contribution in [2.24, 2.45) is 0 Å². The molecule has 0 saturated carbocycles. The molecule has 2 heterocycles. The van der Waals surface area contributed by atoms with Crippen LogP contribution in [0.15, 0.2) is 18.2 Å². The summed E-state index contributed by atoms with van der Waals surface area (Å²) < 4.78 is 0. The van der Waals surface area contributed by atoms with Crippen LogP contribution in [0.4, 0.5) is 11.4 Å². The highest BCUT2D eigenvalue weighted by atomic mass is 32.2. The summed E-state index contributed by atoms with van der Waals surface area (Å²) in [6.07, 6.45) is 3.08. The van der Waals surface area contributed by atoms with E-state index in [1.807, 2.05) is 23.1 Å². The van der Waals surface area contributed by atoms with Crippen LogP contribution in [0.1, 0.15) is 18.4 Å². The van der Waals surface area contributed by atoms with Gasteiger partial charge in [0.15, 0.2) is 0 Å². The Labute approximate surface area is 105 Å². The van der Waals surface area contributed by atoms with Crippen LogP contribution < -0.4 is 10.6 Å². The number of hydrogen-bond acceptors (Lipinski definition) is 3. The number of benzene rings is 1. The molecule has 4 heteroatoms. The molecule has 1 aromatic rings. The summed E-state index contributed by atoms with van der Waals surface area (Å²) in [5.41, 5.74) is 8.93. The van der Waals surface area contributed by atoms with Crippen LogP contribution in [-0.4, -0.2) is 23.5 Å². The number of carbonyl (C=O) groups excluding carboxylic acids is 1. The highest BCUT2D eigenvalue weighted by Gasteiger charge is 2.32. The zero-order valence-electron chi connectivity index (χ0n) is 9.69. The van der Waals surface area contributed by atoms with Crippen molar-refractivity contribution < 1.29 is 4.79 Å². The Balaban J connectivity index is 1.88. The maximum absolute atomic E-state index is 12.4. The van der Waals surface area contributed by atoms with Gasteiger partial charge in [-0.05, 0) is 37.1 Å². The number of hydrogen-bond donors (Lipinski definition) is 1. The highest BCUT2D eigenvalue weighted by molar-refractivity contribution is 8.00. The zero-order valence-corrected chi connectivity index (χ0v) is 10.5. The lowest BCUT2D eigenvalue weighted by Gasteiger charge is -2.20. The predicted octanol–water partition coefficient (Wildman–Crippen LogP) is 2.05. The number of nitrogen functional groups attached to an aromatic ring is 1. The van der Waals surface area contributed by atoms with Crippen molar-refractivity contribution in [1.82, 2.24) is 0 Å². The normalized spacial score (nSPS) is 22.8. The summed E-state index contributed by atoms with van der Waals surface area (Å²) in [5.74, 6) is 1.39. The van der Waals surface area contributed by atoms with E-state index in [4.69, 9.17) is 5.73 Å². The lowest BCUT2D eigenvalue weighted by atomic mass is 10.1. The SMILES string of the molecule is Nc1cccc2c1CCN2C(=O)C1CCCS1. The minimum absolute atomic E-state index is 0.169. The van der Waals surface area contributed by atoms with Crippen molar-refractivity contribution in [1.29, 1.82) is 0 Å². The largest absolute Gasteiger partial charge is 0.398 e. The van der Waals surface area contributed by atoms with E-state index in [-0.39, 0.29) is 11.2 Å². The molecule has 0 spiro atoms. The van der Waals surface area contributed by atoms with E-state index in [9.17, 15) is 4.79 Å². The number of carbonyl (C=O) groups is 1. The van der Waals surface area contributed by atoms with Crippen molar-refractivity contribution in [3.63, 3.8) is 0 Å². The molecule has 3 rings (SSSR count). The van der Waals surface area contributed by atoms with Crippen molar-refractivity contribution in [3.05, 3.63) is 23.8 Å². The second-order valence-corrected chi connectivity index (χ2v) is 5.90. The molecule has 0 aromatic heterocycles. The number of nitrogens with zero attached hydrogens (tertiary/aromatic N) is 1. The molecule has 1 aromatic carbocycles. The number of nitrogens with two attached hydrogens (primary N) is 1. The minimum atomic E-state index is 0.169. The summed E-state index contributed by atoms with van der Waals surface area (Å²) in [6, 6.07) is 5.86. The Morgan fingerprint density at radius 3 is 3.12 bits per heavy atom. The molecule has 2 aliphatic rings. The Kier molecular flexibility index (Phi) is 2.74. The number of fused-ring (bicyclic) bond motifs is 1. The molecule has 90 valence electrons. The second-order valence-electron chi connectivity index (χ2n) is 4.59. The minimum Gasteiger partial charge on any atom is -0.398 e. The molecule has 0 bridgehead atoms. The van der Waals surface area contributed by atoms with E-state index in [0.717, 1.165) is 42.1 Å². The van der Waals surface area contributed by atoms with Crippen LogP contribution >= 0.6 is 11.8 Å². The molecule has 1 saturated heterocycles. The van der Waals surface area contributed by atoms with Gasteiger partial charge in [0.2, 0.25) is 5.91 Å². The van der Waals surface area contributed by atoms with E-state index >= 15 is 0 Å². The molecule has 1 amide bonds. The van der Waals surface area contributed by atoms with Crippen molar-refractivity contribution in [2.75, 3.05) is 22.9 Å². The third-order valence-corrected chi connectivity index (χ3v) is 4.90. The van der Waals surface area contributed by atoms with Gasteiger partial charge in [-0.1, -0.05) is 6.07 Å². The van der Waals surface area contributed by atoms with E-state index < -0.39 is 0 Å². The van der Waals surface area contributed by atoms with Crippen LogP contribution in [-0.2, 0) is 11.2 Å². The van der Waals surface area contributed by atoms with Gasteiger partial charge in [-0.3, -0.25) is 4.79 Å². The first-order chi connectivity index (χ1) is 8.27. The van der Waals surface area contributed by atoms with E-state index in [0.29, 0.717) is 0 Å². The third kappa shape index (κ3) is 1.80. The van der Waals surface area contributed by atoms with Crippen molar-refractivity contribution in [3.8, 4) is 0 Å². The molecule has 1 atom stereocenters. The predicted molar refractivity (Wildman–Crippen MR) is 72.4 cm³/mol. The molecule has 0 radical (unpaired) electrons. The van der Waals surface area contributed by atoms with E-state index in [1.165, 1.54) is 6.42 Å². The lowest BCUT2D eigenvalue weighted by molar-refractivity contribution is -0.118. The summed E-state index contributed by atoms with van der Waals surface area (Å²) >= 11 is 1.79. The first kappa shape index (κ1) is 11.0. The molecule has 1 fully saturated rings. The Morgan fingerprint density at radius 1 is 1.47 bits per heavy atom. The quantitative estimate of drug-likeness (QED) is 0.774. The zero-order chi connectivity index (χ0) is 11.8. The molecular weight excluding hydrogens is 232 g/mol. The van der Waals surface area contributed by atoms with Gasteiger partial charge < -0.3 is 10.6 Å². The molecule has 17 heavy (non-hydrogen) atoms. The van der Waals surface area contributed by atoms with Gasteiger partial charge in [0.25, 0.3) is 0 Å². The monoisotopic (exact) mass is 248 g/mol. The van der Waals surface area contributed by atoms with E-state index in [1.54, 1.807) is 11.8 Å². The fourth-order valence-electron chi connectivity index (χ4n) is 2.64. The molecule has 2 N–H and O–H groups in total. The van der Waals surface area contributed by atoms with Crippen LogP contribution in [0.2, 0.25) is 0 Å². The molecule has 2 aliphatic heterocycles. The Morgan fingerprint density at radius 2 is 2.35 bits per heavy atom.